The molecule has 0 aliphatic carbocycles. The molecule has 1 heteroatoms. The van der Waals surface area contributed by atoms with Crippen LogP contribution in [0.5, 0.6) is 0 Å². The molecule has 0 aliphatic rings. The summed E-state index contributed by atoms with van der Waals surface area (Å²) in [6, 6.07) is 4.63. The van der Waals surface area contributed by atoms with E-state index in [1.807, 2.05) is 0 Å². The fourth-order valence-electron chi connectivity index (χ4n) is 1.67. The molecule has 78 valence electrons. The molecular formula is C13H19Br. The second-order valence-electron chi connectivity index (χ2n) is 4.33. The lowest BCUT2D eigenvalue weighted by Crippen LogP contribution is -2.03. The Kier molecular flexibility index (Phi) is 4.18. The van der Waals surface area contributed by atoms with Gasteiger partial charge in [0.25, 0.3) is 0 Å². The van der Waals surface area contributed by atoms with Crippen molar-refractivity contribution in [2.24, 2.45) is 5.92 Å². The summed E-state index contributed by atoms with van der Waals surface area (Å²) in [5, 5.41) is 1.08. The first-order valence-electron chi connectivity index (χ1n) is 5.17. The summed E-state index contributed by atoms with van der Waals surface area (Å²) in [5.74, 6) is 0.718. The lowest BCUT2D eigenvalue weighted by Gasteiger charge is -2.13. The first-order chi connectivity index (χ1) is 6.54. The van der Waals surface area contributed by atoms with Crippen LogP contribution in [-0.4, -0.2) is 5.33 Å². The minimum absolute atomic E-state index is 0.718. The molecule has 0 fully saturated rings. The third-order valence-electron chi connectivity index (χ3n) is 2.78. The molecule has 0 saturated carbocycles. The Morgan fingerprint density at radius 1 is 1.07 bits per heavy atom. The van der Waals surface area contributed by atoms with Crippen LogP contribution < -0.4 is 0 Å². The molecule has 1 aromatic rings. The second kappa shape index (κ2) is 4.97. The summed E-state index contributed by atoms with van der Waals surface area (Å²) >= 11 is 3.53. The Hall–Kier alpha value is -0.300. The Bertz CT molecular complexity index is 315. The van der Waals surface area contributed by atoms with Crippen LogP contribution >= 0.6 is 15.9 Å². The highest BCUT2D eigenvalue weighted by molar-refractivity contribution is 9.09. The SMILES string of the molecule is Cc1cc(C)c(CC(C)CBr)cc1C. The standard InChI is InChI=1S/C13H19Br/c1-9(8-14)5-13-7-11(3)10(2)6-12(13)4/h6-7,9H,5,8H2,1-4H3. The van der Waals surface area contributed by atoms with E-state index in [2.05, 4.69) is 55.8 Å². The highest BCUT2D eigenvalue weighted by Crippen LogP contribution is 2.19. The molecule has 0 nitrogen and oxygen atoms in total. The lowest BCUT2D eigenvalue weighted by molar-refractivity contribution is 0.660. The molecule has 0 bridgehead atoms. The van der Waals surface area contributed by atoms with Crippen molar-refractivity contribution in [3.8, 4) is 0 Å². The van der Waals surface area contributed by atoms with Crippen LogP contribution in [0.25, 0.3) is 0 Å². The highest BCUT2D eigenvalue weighted by atomic mass is 79.9. The van der Waals surface area contributed by atoms with Crippen molar-refractivity contribution in [2.75, 3.05) is 5.33 Å². The van der Waals surface area contributed by atoms with Crippen LogP contribution in [0, 0.1) is 26.7 Å². The Labute approximate surface area is 95.9 Å². The highest BCUT2D eigenvalue weighted by Gasteiger charge is 2.06. The summed E-state index contributed by atoms with van der Waals surface area (Å²) in [6.07, 6.45) is 1.18. The normalized spacial score (nSPS) is 12.9. The summed E-state index contributed by atoms with van der Waals surface area (Å²) in [5.41, 5.74) is 5.74. The molecule has 0 aliphatic heterocycles. The van der Waals surface area contributed by atoms with Crippen LogP contribution in [-0.2, 0) is 6.42 Å². The molecule has 0 radical (unpaired) electrons. The third kappa shape index (κ3) is 2.84. The van der Waals surface area contributed by atoms with Gasteiger partial charge in [0.2, 0.25) is 0 Å². The van der Waals surface area contributed by atoms with Crippen LogP contribution in [0.15, 0.2) is 12.1 Å². The molecule has 0 N–H and O–H groups in total. The van der Waals surface area contributed by atoms with Gasteiger partial charge in [-0.2, -0.15) is 0 Å². The minimum atomic E-state index is 0.718. The van der Waals surface area contributed by atoms with Crippen molar-refractivity contribution in [3.63, 3.8) is 0 Å². The van der Waals surface area contributed by atoms with Gasteiger partial charge in [-0.25, -0.2) is 0 Å². The van der Waals surface area contributed by atoms with E-state index in [0.717, 1.165) is 11.2 Å². The molecule has 0 saturated heterocycles. The van der Waals surface area contributed by atoms with E-state index in [1.165, 1.54) is 28.7 Å². The molecule has 1 rings (SSSR count). The van der Waals surface area contributed by atoms with Gasteiger partial charge in [0.15, 0.2) is 0 Å². The Balaban J connectivity index is 2.92. The predicted molar refractivity (Wildman–Crippen MR) is 67.3 cm³/mol. The molecule has 14 heavy (non-hydrogen) atoms. The number of alkyl halides is 1. The molecule has 1 aromatic carbocycles. The average Bonchev–Trinajstić information content (AvgIpc) is 2.14. The monoisotopic (exact) mass is 254 g/mol. The van der Waals surface area contributed by atoms with Gasteiger partial charge in [-0.1, -0.05) is 35.0 Å². The van der Waals surface area contributed by atoms with Crippen molar-refractivity contribution in [2.45, 2.75) is 34.1 Å². The van der Waals surface area contributed by atoms with Crippen molar-refractivity contribution in [3.05, 3.63) is 34.4 Å². The first-order valence-corrected chi connectivity index (χ1v) is 6.29. The van der Waals surface area contributed by atoms with E-state index >= 15 is 0 Å². The molecule has 0 spiro atoms. The minimum Gasteiger partial charge on any atom is -0.0925 e. The van der Waals surface area contributed by atoms with Gasteiger partial charge in [0.05, 0.1) is 0 Å². The van der Waals surface area contributed by atoms with Gasteiger partial charge in [0, 0.05) is 5.33 Å². The number of hydrogen-bond acceptors (Lipinski definition) is 0. The summed E-state index contributed by atoms with van der Waals surface area (Å²) < 4.78 is 0. The van der Waals surface area contributed by atoms with Gasteiger partial charge in [0.1, 0.15) is 0 Å². The van der Waals surface area contributed by atoms with Crippen molar-refractivity contribution < 1.29 is 0 Å². The summed E-state index contributed by atoms with van der Waals surface area (Å²) in [6.45, 7) is 8.86. The van der Waals surface area contributed by atoms with E-state index in [1.54, 1.807) is 0 Å². The fraction of sp³-hybridized carbons (Fsp3) is 0.538. The maximum Gasteiger partial charge on any atom is 0.00602 e. The zero-order valence-electron chi connectivity index (χ0n) is 9.52. The number of benzene rings is 1. The zero-order valence-corrected chi connectivity index (χ0v) is 11.1. The van der Waals surface area contributed by atoms with Crippen LogP contribution in [0.3, 0.4) is 0 Å². The lowest BCUT2D eigenvalue weighted by atomic mass is 9.94. The van der Waals surface area contributed by atoms with Crippen LogP contribution in [0.4, 0.5) is 0 Å². The van der Waals surface area contributed by atoms with Gasteiger partial charge in [-0.05, 0) is 55.4 Å². The third-order valence-corrected chi connectivity index (χ3v) is 3.89. The van der Waals surface area contributed by atoms with Gasteiger partial charge < -0.3 is 0 Å². The van der Waals surface area contributed by atoms with Crippen LogP contribution in [0.2, 0.25) is 0 Å². The van der Waals surface area contributed by atoms with E-state index in [4.69, 9.17) is 0 Å². The van der Waals surface area contributed by atoms with Gasteiger partial charge >= 0.3 is 0 Å². The maximum atomic E-state index is 3.53. The van der Waals surface area contributed by atoms with Gasteiger partial charge in [-0.3, -0.25) is 0 Å². The summed E-state index contributed by atoms with van der Waals surface area (Å²) in [7, 11) is 0. The number of aryl methyl sites for hydroxylation is 3. The molecule has 1 atom stereocenters. The second-order valence-corrected chi connectivity index (χ2v) is 4.97. The van der Waals surface area contributed by atoms with E-state index < -0.39 is 0 Å². The molecule has 0 aromatic heterocycles. The van der Waals surface area contributed by atoms with E-state index in [-0.39, 0.29) is 0 Å². The van der Waals surface area contributed by atoms with Crippen molar-refractivity contribution >= 4 is 15.9 Å². The maximum absolute atomic E-state index is 3.53. The number of hydrogen-bond donors (Lipinski definition) is 0. The largest absolute Gasteiger partial charge is 0.0925 e. The van der Waals surface area contributed by atoms with E-state index in [9.17, 15) is 0 Å². The predicted octanol–water partition coefficient (Wildman–Crippen LogP) is 4.19. The molecule has 1 unspecified atom stereocenters. The quantitative estimate of drug-likeness (QED) is 0.710. The Morgan fingerprint density at radius 2 is 1.64 bits per heavy atom. The average molecular weight is 255 g/mol. The number of rotatable bonds is 3. The first kappa shape index (κ1) is 11.8. The molecular weight excluding hydrogens is 236 g/mol. The summed E-state index contributed by atoms with van der Waals surface area (Å²) in [4.78, 5) is 0. The van der Waals surface area contributed by atoms with E-state index in [0.29, 0.717) is 0 Å². The molecule has 0 amide bonds. The van der Waals surface area contributed by atoms with Crippen LogP contribution in [0.1, 0.15) is 29.2 Å². The molecule has 0 heterocycles. The van der Waals surface area contributed by atoms with Crippen molar-refractivity contribution in [1.29, 1.82) is 0 Å². The zero-order chi connectivity index (χ0) is 10.7. The fourth-order valence-corrected chi connectivity index (χ4v) is 1.90. The Morgan fingerprint density at radius 3 is 2.21 bits per heavy atom. The topological polar surface area (TPSA) is 0 Å². The number of halogens is 1. The van der Waals surface area contributed by atoms with Gasteiger partial charge in [-0.15, -0.1) is 0 Å². The van der Waals surface area contributed by atoms with Crippen molar-refractivity contribution in [1.82, 2.24) is 0 Å². The smallest absolute Gasteiger partial charge is 0.00602 e.